The number of piperidine rings is 1. The fraction of sp³-hybridized carbons (Fsp3) is 0.545. The van der Waals surface area contributed by atoms with E-state index in [4.69, 9.17) is 0 Å². The van der Waals surface area contributed by atoms with Crippen LogP contribution in [0.15, 0.2) is 48.5 Å². The van der Waals surface area contributed by atoms with Gasteiger partial charge in [-0.1, -0.05) is 63.2 Å². The summed E-state index contributed by atoms with van der Waals surface area (Å²) in [5.74, 6) is 0.169. The number of hydrogen-bond donors (Lipinski definition) is 1. The molecule has 4 amide bonds. The average Bonchev–Trinajstić information content (AvgIpc) is 3.21. The fourth-order valence-corrected chi connectivity index (χ4v) is 8.80. The van der Waals surface area contributed by atoms with Crippen LogP contribution in [0.3, 0.4) is 0 Å². The second-order valence-electron chi connectivity index (χ2n) is 13.2. The van der Waals surface area contributed by atoms with E-state index >= 15 is 0 Å². The van der Waals surface area contributed by atoms with Gasteiger partial charge < -0.3 is 20.0 Å². The highest BCUT2D eigenvalue weighted by Crippen LogP contribution is 2.56. The number of para-hydroxylation sites is 1. The molecule has 8 heteroatoms. The molecule has 41 heavy (non-hydrogen) atoms. The summed E-state index contributed by atoms with van der Waals surface area (Å²) in [5, 5.41) is 2.65. The van der Waals surface area contributed by atoms with Crippen molar-refractivity contribution in [3.63, 3.8) is 0 Å². The number of carbonyl (C=O) groups is 3. The molecule has 2 fully saturated rings. The first kappa shape index (κ1) is 28.1. The van der Waals surface area contributed by atoms with E-state index < -0.39 is 0 Å². The molecule has 2 aromatic carbocycles. The molecule has 3 heterocycles. The van der Waals surface area contributed by atoms with Gasteiger partial charge in [0.2, 0.25) is 11.8 Å². The van der Waals surface area contributed by atoms with E-state index in [1.807, 2.05) is 28.0 Å². The number of anilines is 1. The van der Waals surface area contributed by atoms with E-state index in [0.717, 1.165) is 49.8 Å². The van der Waals surface area contributed by atoms with E-state index in [1.165, 1.54) is 11.1 Å². The van der Waals surface area contributed by atoms with E-state index in [2.05, 4.69) is 61.3 Å². The van der Waals surface area contributed by atoms with E-state index in [-0.39, 0.29) is 47.3 Å². The van der Waals surface area contributed by atoms with Crippen molar-refractivity contribution in [1.29, 1.82) is 0 Å². The molecule has 0 bridgehead atoms. The lowest BCUT2D eigenvalue weighted by atomic mass is 9.85. The number of hydrogen-bond acceptors (Lipinski definition) is 4. The van der Waals surface area contributed by atoms with Crippen LogP contribution < -0.4 is 5.32 Å². The van der Waals surface area contributed by atoms with Crippen LogP contribution in [0.4, 0.5) is 10.5 Å². The third-order valence-corrected chi connectivity index (χ3v) is 11.0. The molecular weight excluding hydrogens is 532 g/mol. The first-order valence-electron chi connectivity index (χ1n) is 15.2. The monoisotopic (exact) mass is 576 g/mol. The van der Waals surface area contributed by atoms with Gasteiger partial charge in [-0.2, -0.15) is 0 Å². The number of rotatable bonds is 5. The van der Waals surface area contributed by atoms with E-state index in [0.29, 0.717) is 26.2 Å². The van der Waals surface area contributed by atoms with Crippen molar-refractivity contribution in [3.05, 3.63) is 65.2 Å². The first-order valence-corrected chi connectivity index (χ1v) is 16.0. The number of urea groups is 1. The predicted octanol–water partition coefficient (Wildman–Crippen LogP) is 6.23. The van der Waals surface area contributed by atoms with Gasteiger partial charge in [0, 0.05) is 45.8 Å². The average molecular weight is 577 g/mol. The van der Waals surface area contributed by atoms with Gasteiger partial charge in [-0.25, -0.2) is 4.79 Å². The van der Waals surface area contributed by atoms with Gasteiger partial charge in [0.1, 0.15) is 4.87 Å². The van der Waals surface area contributed by atoms with Crippen LogP contribution in [0, 0.1) is 5.41 Å². The fourth-order valence-electron chi connectivity index (χ4n) is 6.98. The Morgan fingerprint density at radius 1 is 1.05 bits per heavy atom. The van der Waals surface area contributed by atoms with Gasteiger partial charge in [-0.15, -0.1) is 11.8 Å². The van der Waals surface area contributed by atoms with Crippen LogP contribution >= 0.6 is 11.8 Å². The Kier molecular flexibility index (Phi) is 7.55. The lowest BCUT2D eigenvalue weighted by Gasteiger charge is -2.43. The molecule has 2 aromatic rings. The number of amides is 4. The zero-order valence-corrected chi connectivity index (χ0v) is 25.3. The predicted molar refractivity (Wildman–Crippen MR) is 166 cm³/mol. The number of thioether (sulfide) groups is 1. The molecule has 1 aliphatic carbocycles. The van der Waals surface area contributed by atoms with Crippen LogP contribution in [-0.2, 0) is 27.4 Å². The maximum absolute atomic E-state index is 14.0. The Labute approximate surface area is 249 Å². The Balaban J connectivity index is 0.00000353. The van der Waals surface area contributed by atoms with Gasteiger partial charge in [0.15, 0.2) is 0 Å². The summed E-state index contributed by atoms with van der Waals surface area (Å²) in [6.45, 7) is 9.20. The third kappa shape index (κ3) is 5.47. The van der Waals surface area contributed by atoms with Crippen LogP contribution in [0.2, 0.25) is 0 Å². The quantitative estimate of drug-likeness (QED) is 0.458. The molecule has 220 valence electrons. The summed E-state index contributed by atoms with van der Waals surface area (Å²) >= 11 is 1.72. The van der Waals surface area contributed by atoms with Crippen LogP contribution in [-0.4, -0.2) is 63.5 Å². The van der Waals surface area contributed by atoms with Gasteiger partial charge in [0.25, 0.3) is 0 Å². The maximum Gasteiger partial charge on any atom is 0.322 e. The summed E-state index contributed by atoms with van der Waals surface area (Å²) in [6.07, 6.45) is 5.69. The van der Waals surface area contributed by atoms with Crippen LogP contribution in [0.1, 0.15) is 77.4 Å². The highest BCUT2D eigenvalue weighted by molar-refractivity contribution is 8.02. The Morgan fingerprint density at radius 3 is 2.51 bits per heavy atom. The van der Waals surface area contributed by atoms with Crippen molar-refractivity contribution < 1.29 is 15.8 Å². The van der Waals surface area contributed by atoms with Crippen LogP contribution in [0.25, 0.3) is 0 Å². The normalized spacial score (nSPS) is 24.9. The van der Waals surface area contributed by atoms with Crippen molar-refractivity contribution >= 4 is 35.3 Å². The maximum atomic E-state index is 14.0. The minimum absolute atomic E-state index is 0. The molecule has 1 N–H and O–H groups in total. The Hall–Kier alpha value is -3.00. The zero-order valence-electron chi connectivity index (χ0n) is 24.5. The second-order valence-corrected chi connectivity index (χ2v) is 14.7. The van der Waals surface area contributed by atoms with Gasteiger partial charge in [-0.3, -0.25) is 9.59 Å². The van der Waals surface area contributed by atoms with Crippen LogP contribution in [0.5, 0.6) is 0 Å². The molecule has 7 nitrogen and oxygen atoms in total. The highest BCUT2D eigenvalue weighted by atomic mass is 32.2. The molecule has 4 aliphatic rings. The smallest absolute Gasteiger partial charge is 0.322 e. The molecule has 3 aliphatic heterocycles. The highest BCUT2D eigenvalue weighted by Gasteiger charge is 2.54. The molecule has 2 saturated heterocycles. The van der Waals surface area contributed by atoms with Gasteiger partial charge in [0.05, 0.1) is 5.25 Å². The van der Waals surface area contributed by atoms with Crippen molar-refractivity contribution in [2.75, 3.05) is 25.0 Å². The van der Waals surface area contributed by atoms with Gasteiger partial charge >= 0.3 is 6.03 Å². The minimum atomic E-state index is -0.382. The summed E-state index contributed by atoms with van der Waals surface area (Å²) in [7, 11) is 0. The van der Waals surface area contributed by atoms with Crippen molar-refractivity contribution in [2.24, 2.45) is 5.41 Å². The first-order chi connectivity index (χ1) is 19.6. The SMILES string of the molecule is CC(C)(C)CCN1C(=O)C(CC(=O)N2CCC(N3Cc4ccccc4NC3=O)CC2)SC12CCCc1ccccc12.[HH]. The number of benzene rings is 2. The summed E-state index contributed by atoms with van der Waals surface area (Å²) in [6, 6.07) is 16.5. The molecule has 1 spiro atoms. The number of nitrogens with zero attached hydrogens (tertiary/aromatic N) is 3. The Morgan fingerprint density at radius 2 is 1.76 bits per heavy atom. The summed E-state index contributed by atoms with van der Waals surface area (Å²) < 4.78 is 0. The molecule has 2 unspecified atom stereocenters. The molecule has 6 rings (SSSR count). The van der Waals surface area contributed by atoms with Crippen molar-refractivity contribution in [1.82, 2.24) is 14.7 Å². The lowest BCUT2D eigenvalue weighted by Crippen LogP contribution is -2.51. The van der Waals surface area contributed by atoms with E-state index in [1.54, 1.807) is 11.8 Å². The minimum Gasteiger partial charge on any atom is -0.342 e. The molecular formula is C33H44N4O3S. The molecule has 0 radical (unpaired) electrons. The standard InChI is InChI=1S/C33H42N4O3S.H2/c1-32(2,3)17-20-37-30(39)28(41-33(37)16-8-11-23-9-4-6-12-26(23)33)21-29(38)35-18-14-25(15-19-35)36-22-24-10-5-7-13-27(24)34-31(36)40;/h4-7,9-10,12-13,25,28H,8,11,14-22H2,1-3H3,(H,34,40);1H. The third-order valence-electron chi connectivity index (χ3n) is 9.28. The van der Waals surface area contributed by atoms with Gasteiger partial charge in [-0.05, 0) is 66.7 Å². The number of aryl methyl sites for hydroxylation is 1. The second kappa shape index (κ2) is 11.0. The molecule has 2 atom stereocenters. The van der Waals surface area contributed by atoms with Crippen molar-refractivity contribution in [3.8, 4) is 0 Å². The topological polar surface area (TPSA) is 73.0 Å². The summed E-state index contributed by atoms with van der Waals surface area (Å²) in [5.41, 5.74) is 4.71. The number of fused-ring (bicyclic) bond motifs is 3. The zero-order chi connectivity index (χ0) is 28.8. The summed E-state index contributed by atoms with van der Waals surface area (Å²) in [4.78, 5) is 46.0. The number of nitrogens with one attached hydrogen (secondary N) is 1. The van der Waals surface area contributed by atoms with Crippen molar-refractivity contribution in [2.45, 2.75) is 88.4 Å². The van der Waals surface area contributed by atoms with E-state index in [9.17, 15) is 14.4 Å². The molecule has 0 saturated carbocycles. The Bertz CT molecular complexity index is 1340. The lowest BCUT2D eigenvalue weighted by molar-refractivity contribution is -0.138. The number of likely N-dealkylation sites (tertiary alicyclic amines) is 1. The number of carbonyl (C=O) groups excluding carboxylic acids is 3. The molecule has 0 aromatic heterocycles. The largest absolute Gasteiger partial charge is 0.342 e.